The molecule has 6 heteroatoms. The Labute approximate surface area is 145 Å². The van der Waals surface area contributed by atoms with Gasteiger partial charge in [0.1, 0.15) is 0 Å². The van der Waals surface area contributed by atoms with Crippen LogP contribution < -0.4 is 16.0 Å². The van der Waals surface area contributed by atoms with Gasteiger partial charge in [-0.1, -0.05) is 22.9 Å². The monoisotopic (exact) mass is 381 g/mol. The third-order valence-electron chi connectivity index (χ3n) is 4.12. The Balaban J connectivity index is 1.61. The van der Waals surface area contributed by atoms with Gasteiger partial charge >= 0.3 is 6.03 Å². The molecule has 3 amide bonds. The predicted molar refractivity (Wildman–Crippen MR) is 95.3 cm³/mol. The highest BCUT2D eigenvalue weighted by Crippen LogP contribution is 2.23. The fourth-order valence-corrected chi connectivity index (χ4v) is 2.97. The minimum atomic E-state index is -0.299. The van der Waals surface area contributed by atoms with E-state index in [1.165, 1.54) is 12.8 Å². The SMILES string of the molecule is CC1CCC(NC(=O)CCNC(=O)Nc2ccc(Br)cc2)CC1. The fourth-order valence-electron chi connectivity index (χ4n) is 2.70. The molecule has 1 saturated carbocycles. The van der Waals surface area contributed by atoms with Crippen LogP contribution in [-0.4, -0.2) is 24.5 Å². The molecule has 0 radical (unpaired) electrons. The summed E-state index contributed by atoms with van der Waals surface area (Å²) in [6, 6.07) is 7.32. The van der Waals surface area contributed by atoms with Gasteiger partial charge in [0.25, 0.3) is 0 Å². The van der Waals surface area contributed by atoms with E-state index in [1.54, 1.807) is 12.1 Å². The van der Waals surface area contributed by atoms with Crippen LogP contribution in [0.5, 0.6) is 0 Å². The number of amides is 3. The van der Waals surface area contributed by atoms with Crippen molar-refractivity contribution in [3.63, 3.8) is 0 Å². The lowest BCUT2D eigenvalue weighted by atomic mass is 9.87. The van der Waals surface area contributed by atoms with Crippen LogP contribution in [0, 0.1) is 5.92 Å². The molecular weight excluding hydrogens is 358 g/mol. The van der Waals surface area contributed by atoms with Crippen LogP contribution in [0.4, 0.5) is 10.5 Å². The van der Waals surface area contributed by atoms with Crippen molar-refractivity contribution >= 4 is 33.6 Å². The van der Waals surface area contributed by atoms with E-state index in [2.05, 4.69) is 38.8 Å². The van der Waals surface area contributed by atoms with E-state index < -0.39 is 0 Å². The Morgan fingerprint density at radius 1 is 1.13 bits per heavy atom. The zero-order valence-corrected chi connectivity index (χ0v) is 15.0. The van der Waals surface area contributed by atoms with Crippen molar-refractivity contribution in [2.24, 2.45) is 5.92 Å². The van der Waals surface area contributed by atoms with Crippen LogP contribution in [0.15, 0.2) is 28.7 Å². The quantitative estimate of drug-likeness (QED) is 0.728. The van der Waals surface area contributed by atoms with Gasteiger partial charge in [-0.2, -0.15) is 0 Å². The average molecular weight is 382 g/mol. The van der Waals surface area contributed by atoms with Crippen LogP contribution in [0.25, 0.3) is 0 Å². The maximum atomic E-state index is 11.9. The number of rotatable bonds is 5. The van der Waals surface area contributed by atoms with Gasteiger partial charge in [-0.25, -0.2) is 4.79 Å². The van der Waals surface area contributed by atoms with Crippen LogP contribution in [0.2, 0.25) is 0 Å². The standard InChI is InChI=1S/C17H24BrN3O2/c1-12-2-6-14(7-3-12)20-16(22)10-11-19-17(23)21-15-8-4-13(18)5-9-15/h4-5,8-9,12,14H,2-3,6-7,10-11H2,1H3,(H,20,22)(H2,19,21,23). The van der Waals surface area contributed by atoms with E-state index in [0.29, 0.717) is 24.7 Å². The normalized spacial score (nSPS) is 20.6. The van der Waals surface area contributed by atoms with Crippen LogP contribution >= 0.6 is 15.9 Å². The van der Waals surface area contributed by atoms with Crippen molar-refractivity contribution in [2.45, 2.75) is 45.1 Å². The molecular formula is C17H24BrN3O2. The number of urea groups is 1. The second kappa shape index (κ2) is 8.91. The summed E-state index contributed by atoms with van der Waals surface area (Å²) in [6.07, 6.45) is 4.78. The topological polar surface area (TPSA) is 70.2 Å². The second-order valence-corrected chi connectivity index (χ2v) is 7.08. The molecule has 1 aromatic carbocycles. The smallest absolute Gasteiger partial charge is 0.319 e. The van der Waals surface area contributed by atoms with Crippen LogP contribution in [0.1, 0.15) is 39.0 Å². The third-order valence-corrected chi connectivity index (χ3v) is 4.65. The minimum absolute atomic E-state index is 0.00787. The minimum Gasteiger partial charge on any atom is -0.353 e. The van der Waals surface area contributed by atoms with Gasteiger partial charge in [-0.3, -0.25) is 4.79 Å². The molecule has 0 saturated heterocycles. The lowest BCUT2D eigenvalue weighted by molar-refractivity contribution is -0.121. The van der Waals surface area contributed by atoms with E-state index in [0.717, 1.165) is 23.2 Å². The molecule has 23 heavy (non-hydrogen) atoms. The van der Waals surface area contributed by atoms with E-state index in [1.807, 2.05) is 12.1 Å². The molecule has 1 aromatic rings. The van der Waals surface area contributed by atoms with Gasteiger partial charge < -0.3 is 16.0 Å². The number of benzene rings is 1. The van der Waals surface area contributed by atoms with E-state index in [-0.39, 0.29) is 11.9 Å². The molecule has 3 N–H and O–H groups in total. The molecule has 5 nitrogen and oxygen atoms in total. The van der Waals surface area contributed by atoms with Crippen molar-refractivity contribution in [1.29, 1.82) is 0 Å². The molecule has 1 aliphatic rings. The molecule has 0 aliphatic heterocycles. The maximum Gasteiger partial charge on any atom is 0.319 e. The summed E-state index contributed by atoms with van der Waals surface area (Å²) in [7, 11) is 0. The van der Waals surface area contributed by atoms with E-state index in [9.17, 15) is 9.59 Å². The lowest BCUT2D eigenvalue weighted by Gasteiger charge is -2.26. The molecule has 126 valence electrons. The summed E-state index contributed by atoms with van der Waals surface area (Å²) in [5, 5.41) is 8.48. The molecule has 1 aliphatic carbocycles. The summed E-state index contributed by atoms with van der Waals surface area (Å²) in [4.78, 5) is 23.6. The number of carbonyl (C=O) groups excluding carboxylic acids is 2. The molecule has 0 bridgehead atoms. The maximum absolute atomic E-state index is 11.9. The van der Waals surface area contributed by atoms with Gasteiger partial charge in [0.2, 0.25) is 5.91 Å². The van der Waals surface area contributed by atoms with Crippen molar-refractivity contribution in [3.05, 3.63) is 28.7 Å². The fraction of sp³-hybridized carbons (Fsp3) is 0.529. The Kier molecular flexibility index (Phi) is 6.89. The molecule has 0 aromatic heterocycles. The summed E-state index contributed by atoms with van der Waals surface area (Å²) < 4.78 is 0.956. The zero-order chi connectivity index (χ0) is 16.7. The van der Waals surface area contributed by atoms with Gasteiger partial charge in [0, 0.05) is 29.2 Å². The molecule has 0 unspecified atom stereocenters. The molecule has 2 rings (SSSR count). The number of hydrogen-bond acceptors (Lipinski definition) is 2. The summed E-state index contributed by atoms with van der Waals surface area (Å²) in [5.74, 6) is 0.778. The first-order valence-corrected chi connectivity index (χ1v) is 8.92. The van der Waals surface area contributed by atoms with Gasteiger partial charge in [0.15, 0.2) is 0 Å². The van der Waals surface area contributed by atoms with Crippen LogP contribution in [-0.2, 0) is 4.79 Å². The highest BCUT2D eigenvalue weighted by Gasteiger charge is 2.19. The van der Waals surface area contributed by atoms with E-state index in [4.69, 9.17) is 0 Å². The number of nitrogens with one attached hydrogen (secondary N) is 3. The predicted octanol–water partition coefficient (Wildman–Crippen LogP) is 3.66. The van der Waals surface area contributed by atoms with Crippen molar-refractivity contribution in [1.82, 2.24) is 10.6 Å². The second-order valence-electron chi connectivity index (χ2n) is 6.16. The Morgan fingerprint density at radius 2 is 1.78 bits per heavy atom. The first-order chi connectivity index (χ1) is 11.0. The summed E-state index contributed by atoms with van der Waals surface area (Å²) >= 11 is 3.34. The average Bonchev–Trinajstić information content (AvgIpc) is 2.52. The molecule has 0 heterocycles. The zero-order valence-electron chi connectivity index (χ0n) is 13.4. The lowest BCUT2D eigenvalue weighted by Crippen LogP contribution is -2.39. The van der Waals surface area contributed by atoms with Gasteiger partial charge in [0.05, 0.1) is 0 Å². The number of anilines is 1. The summed E-state index contributed by atoms with van der Waals surface area (Å²) in [5.41, 5.74) is 0.714. The third kappa shape index (κ3) is 6.60. The van der Waals surface area contributed by atoms with Crippen molar-refractivity contribution in [3.8, 4) is 0 Å². The number of carbonyl (C=O) groups is 2. The van der Waals surface area contributed by atoms with Gasteiger partial charge in [-0.15, -0.1) is 0 Å². The number of halogens is 1. The van der Waals surface area contributed by atoms with Gasteiger partial charge in [-0.05, 0) is 55.9 Å². The van der Waals surface area contributed by atoms with Crippen molar-refractivity contribution in [2.75, 3.05) is 11.9 Å². The first kappa shape index (κ1) is 17.8. The highest BCUT2D eigenvalue weighted by molar-refractivity contribution is 9.10. The Morgan fingerprint density at radius 3 is 2.43 bits per heavy atom. The largest absolute Gasteiger partial charge is 0.353 e. The van der Waals surface area contributed by atoms with Crippen LogP contribution in [0.3, 0.4) is 0 Å². The van der Waals surface area contributed by atoms with Crippen molar-refractivity contribution < 1.29 is 9.59 Å². The number of hydrogen-bond donors (Lipinski definition) is 3. The first-order valence-electron chi connectivity index (χ1n) is 8.12. The molecule has 1 fully saturated rings. The molecule has 0 atom stereocenters. The summed E-state index contributed by atoms with van der Waals surface area (Å²) in [6.45, 7) is 2.59. The highest BCUT2D eigenvalue weighted by atomic mass is 79.9. The Bertz CT molecular complexity index is 525. The molecule has 0 spiro atoms. The van der Waals surface area contributed by atoms with E-state index >= 15 is 0 Å². The Hall–Kier alpha value is -1.56.